The van der Waals surface area contributed by atoms with Gasteiger partial charge in [0.1, 0.15) is 43.2 Å². The van der Waals surface area contributed by atoms with E-state index in [0.29, 0.717) is 12.8 Å². The highest BCUT2D eigenvalue weighted by Gasteiger charge is 2.51. The first-order valence-corrected chi connectivity index (χ1v) is 21.6. The Hall–Kier alpha value is -1.67. The number of phosphoric ester groups is 1. The van der Waals surface area contributed by atoms with Crippen molar-refractivity contribution in [3.8, 4) is 0 Å². The van der Waals surface area contributed by atoms with Crippen LogP contribution in [0.5, 0.6) is 0 Å². The van der Waals surface area contributed by atoms with Gasteiger partial charge in [-0.1, -0.05) is 109 Å². The number of unbranched alkanes of at least 4 members (excludes halogenated alkanes) is 16. The Morgan fingerprint density at radius 3 is 1.49 bits per heavy atom. The maximum absolute atomic E-state index is 12.7. The maximum atomic E-state index is 12.7. The Balaban J connectivity index is 2.54. The molecule has 0 saturated heterocycles. The molecule has 8 atom stereocenters. The SMILES string of the molecule is CCCC/C=C\CCCCCCCC(=O)OC[C@H](COP(=O)(O)OC1C(O)C(O)C(O)[C@@H](O)C1O)OC(=O)CCCCCCC/C=C\CCCCCC. The lowest BCUT2D eigenvalue weighted by Crippen LogP contribution is -2.64. The van der Waals surface area contributed by atoms with Gasteiger partial charge < -0.3 is 39.9 Å². The van der Waals surface area contributed by atoms with Gasteiger partial charge in [-0.3, -0.25) is 18.6 Å². The van der Waals surface area contributed by atoms with Gasteiger partial charge in [-0.05, 0) is 57.8 Å². The number of carbonyl (C=O) groups excluding carboxylic acids is 2. The highest BCUT2D eigenvalue weighted by molar-refractivity contribution is 7.47. The number of allylic oxidation sites excluding steroid dienone is 4. The average molecular weight is 779 g/mol. The fourth-order valence-electron chi connectivity index (χ4n) is 5.91. The average Bonchev–Trinajstić information content (AvgIpc) is 3.13. The minimum Gasteiger partial charge on any atom is -0.462 e. The zero-order valence-electron chi connectivity index (χ0n) is 32.3. The summed E-state index contributed by atoms with van der Waals surface area (Å²) in [6.07, 6.45) is 16.8. The van der Waals surface area contributed by atoms with E-state index in [1.165, 1.54) is 38.5 Å². The number of aliphatic hydroxyl groups excluding tert-OH is 5. The van der Waals surface area contributed by atoms with Crippen LogP contribution in [-0.4, -0.2) is 98.3 Å². The Morgan fingerprint density at radius 1 is 0.566 bits per heavy atom. The zero-order chi connectivity index (χ0) is 39.3. The molecule has 1 aliphatic carbocycles. The fourth-order valence-corrected chi connectivity index (χ4v) is 6.88. The van der Waals surface area contributed by atoms with E-state index in [9.17, 15) is 44.6 Å². The molecule has 0 aliphatic heterocycles. The van der Waals surface area contributed by atoms with Gasteiger partial charge in [-0.2, -0.15) is 0 Å². The van der Waals surface area contributed by atoms with E-state index in [1.807, 2.05) is 0 Å². The van der Waals surface area contributed by atoms with Crippen LogP contribution in [0, 0.1) is 0 Å². The number of carbonyl (C=O) groups is 2. The number of aliphatic hydroxyl groups is 5. The molecule has 0 spiro atoms. The molecule has 6 unspecified atom stereocenters. The predicted molar refractivity (Wildman–Crippen MR) is 203 cm³/mol. The van der Waals surface area contributed by atoms with Gasteiger partial charge in [0.05, 0.1) is 6.61 Å². The van der Waals surface area contributed by atoms with E-state index in [0.717, 1.165) is 77.0 Å². The van der Waals surface area contributed by atoms with Gasteiger partial charge in [0.25, 0.3) is 0 Å². The second-order valence-electron chi connectivity index (χ2n) is 14.1. The van der Waals surface area contributed by atoms with Gasteiger partial charge in [-0.25, -0.2) is 4.57 Å². The number of rotatable bonds is 32. The molecule has 53 heavy (non-hydrogen) atoms. The summed E-state index contributed by atoms with van der Waals surface area (Å²) >= 11 is 0. The number of esters is 2. The molecule has 6 N–H and O–H groups in total. The van der Waals surface area contributed by atoms with Crippen molar-refractivity contribution >= 4 is 19.8 Å². The Bertz CT molecular complexity index is 1040. The summed E-state index contributed by atoms with van der Waals surface area (Å²) in [5, 5.41) is 49.9. The molecule has 1 rings (SSSR count). The van der Waals surface area contributed by atoms with E-state index in [2.05, 4.69) is 38.2 Å². The zero-order valence-corrected chi connectivity index (χ0v) is 33.2. The summed E-state index contributed by atoms with van der Waals surface area (Å²) < 4.78 is 33.3. The van der Waals surface area contributed by atoms with Crippen LogP contribution < -0.4 is 0 Å². The Morgan fingerprint density at radius 2 is 0.981 bits per heavy atom. The molecule has 14 heteroatoms. The van der Waals surface area contributed by atoms with Crippen LogP contribution in [0.3, 0.4) is 0 Å². The first-order valence-electron chi connectivity index (χ1n) is 20.1. The van der Waals surface area contributed by atoms with Gasteiger partial charge in [0, 0.05) is 12.8 Å². The molecule has 1 fully saturated rings. The molecule has 0 bridgehead atoms. The topological polar surface area (TPSA) is 210 Å². The summed E-state index contributed by atoms with van der Waals surface area (Å²) in [5.74, 6) is -1.12. The summed E-state index contributed by atoms with van der Waals surface area (Å²) in [5.41, 5.74) is 0. The van der Waals surface area contributed by atoms with Gasteiger partial charge in [-0.15, -0.1) is 0 Å². The van der Waals surface area contributed by atoms with Crippen LogP contribution in [0.15, 0.2) is 24.3 Å². The van der Waals surface area contributed by atoms with E-state index in [4.69, 9.17) is 18.5 Å². The Labute approximate surface area is 317 Å². The van der Waals surface area contributed by atoms with Crippen LogP contribution in [0.2, 0.25) is 0 Å². The molecular formula is C39H71O13P. The molecule has 1 saturated carbocycles. The fraction of sp³-hybridized carbons (Fsp3) is 0.846. The molecule has 0 amide bonds. The second-order valence-corrected chi connectivity index (χ2v) is 15.5. The highest BCUT2D eigenvalue weighted by Crippen LogP contribution is 2.47. The monoisotopic (exact) mass is 778 g/mol. The molecule has 0 heterocycles. The van der Waals surface area contributed by atoms with Crippen LogP contribution in [0.25, 0.3) is 0 Å². The number of hydrogen-bond acceptors (Lipinski definition) is 12. The summed E-state index contributed by atoms with van der Waals surface area (Å²) in [7, 11) is -5.11. The molecule has 310 valence electrons. The predicted octanol–water partition coefficient (Wildman–Crippen LogP) is 6.50. The van der Waals surface area contributed by atoms with Gasteiger partial charge in [0.2, 0.25) is 0 Å². The molecule has 1 aliphatic rings. The van der Waals surface area contributed by atoms with E-state index in [1.54, 1.807) is 0 Å². The van der Waals surface area contributed by atoms with Crippen molar-refractivity contribution in [3.05, 3.63) is 24.3 Å². The number of hydrogen-bond donors (Lipinski definition) is 6. The molecule has 0 radical (unpaired) electrons. The largest absolute Gasteiger partial charge is 0.472 e. The number of ether oxygens (including phenoxy) is 2. The quantitative estimate of drug-likeness (QED) is 0.0187. The molecule has 0 aromatic heterocycles. The molecular weight excluding hydrogens is 707 g/mol. The van der Waals surface area contributed by atoms with Crippen molar-refractivity contribution in [3.63, 3.8) is 0 Å². The van der Waals surface area contributed by atoms with E-state index >= 15 is 0 Å². The van der Waals surface area contributed by atoms with Crippen LogP contribution in [0.1, 0.15) is 155 Å². The lowest BCUT2D eigenvalue weighted by atomic mass is 9.85. The summed E-state index contributed by atoms with van der Waals surface area (Å²) in [6.45, 7) is 3.19. The first-order chi connectivity index (χ1) is 25.4. The van der Waals surface area contributed by atoms with Crippen LogP contribution >= 0.6 is 7.82 Å². The van der Waals surface area contributed by atoms with Crippen LogP contribution in [0.4, 0.5) is 0 Å². The van der Waals surface area contributed by atoms with Crippen LogP contribution in [-0.2, 0) is 32.7 Å². The van der Waals surface area contributed by atoms with Crippen molar-refractivity contribution in [2.75, 3.05) is 13.2 Å². The lowest BCUT2D eigenvalue weighted by molar-refractivity contribution is -0.220. The third kappa shape index (κ3) is 23.8. The van der Waals surface area contributed by atoms with Crippen molar-refractivity contribution < 1.29 is 63.1 Å². The third-order valence-corrected chi connectivity index (χ3v) is 10.3. The van der Waals surface area contributed by atoms with E-state index < -0.39 is 75.7 Å². The standard InChI is InChI=1S/C39H71O13P/c1-3-5-7-9-11-13-15-16-18-20-22-24-26-28-33(41)51-31(29-49-32(40)27-25-23-21-19-17-14-12-10-8-6-4-2)30-50-53(47,48)52-39-37(45)35(43)34(42)36(44)38(39)46/h10,12-13,15,31,34-39,42-46H,3-9,11,14,16-30H2,1-2H3,(H,47,48)/b12-10-,15-13-/t31-,34?,35-,36?,37?,38?,39?/m1/s1. The van der Waals surface area contributed by atoms with Gasteiger partial charge in [0.15, 0.2) is 6.10 Å². The lowest BCUT2D eigenvalue weighted by Gasteiger charge is -2.41. The minimum absolute atomic E-state index is 0.0858. The van der Waals surface area contributed by atoms with Crippen molar-refractivity contribution in [2.24, 2.45) is 0 Å². The summed E-state index contributed by atoms with van der Waals surface area (Å²) in [6, 6.07) is 0. The smallest absolute Gasteiger partial charge is 0.462 e. The molecule has 13 nitrogen and oxygen atoms in total. The first kappa shape index (κ1) is 49.3. The van der Waals surface area contributed by atoms with Gasteiger partial charge >= 0.3 is 19.8 Å². The summed E-state index contributed by atoms with van der Waals surface area (Å²) in [4.78, 5) is 35.4. The highest BCUT2D eigenvalue weighted by atomic mass is 31.2. The van der Waals surface area contributed by atoms with E-state index in [-0.39, 0.29) is 12.8 Å². The normalized spacial score (nSPS) is 23.7. The molecule has 0 aromatic rings. The third-order valence-electron chi connectivity index (χ3n) is 9.27. The van der Waals surface area contributed by atoms with Crippen molar-refractivity contribution in [1.82, 2.24) is 0 Å². The van der Waals surface area contributed by atoms with Crippen molar-refractivity contribution in [1.29, 1.82) is 0 Å². The Kier molecular flexibility index (Phi) is 28.4. The second kappa shape index (κ2) is 30.5. The number of phosphoric acid groups is 1. The van der Waals surface area contributed by atoms with Crippen molar-refractivity contribution in [2.45, 2.75) is 198 Å². The molecule has 0 aromatic carbocycles. The minimum atomic E-state index is -5.11. The maximum Gasteiger partial charge on any atom is 0.472 e.